The van der Waals surface area contributed by atoms with Crippen LogP contribution in [-0.2, 0) is 12.7 Å². The van der Waals surface area contributed by atoms with Crippen LogP contribution in [0.4, 0.5) is 17.6 Å². The van der Waals surface area contributed by atoms with Crippen molar-refractivity contribution in [3.63, 3.8) is 0 Å². The van der Waals surface area contributed by atoms with Gasteiger partial charge in [-0.25, -0.2) is 4.39 Å². The molecule has 0 N–H and O–H groups in total. The second kappa shape index (κ2) is 3.75. The van der Waals surface area contributed by atoms with E-state index in [1.807, 2.05) is 6.92 Å². The van der Waals surface area contributed by atoms with Crippen LogP contribution >= 0.6 is 0 Å². The van der Waals surface area contributed by atoms with Gasteiger partial charge in [-0.3, -0.25) is 0 Å². The van der Waals surface area contributed by atoms with E-state index in [4.69, 9.17) is 0 Å². The number of hydrogen-bond donors (Lipinski definition) is 0. The molecule has 2 aromatic rings. The van der Waals surface area contributed by atoms with Gasteiger partial charge in [-0.1, -0.05) is 0 Å². The Morgan fingerprint density at radius 1 is 1.24 bits per heavy atom. The zero-order chi connectivity index (χ0) is 12.8. The van der Waals surface area contributed by atoms with E-state index in [1.54, 1.807) is 17.7 Å². The summed E-state index contributed by atoms with van der Waals surface area (Å²) in [6, 6.07) is 1.83. The lowest BCUT2D eigenvalue weighted by atomic mass is 10.1. The Balaban J connectivity index is 2.77. The third kappa shape index (κ3) is 1.90. The topological polar surface area (TPSA) is 4.93 Å². The molecule has 0 saturated carbocycles. The van der Waals surface area contributed by atoms with Crippen molar-refractivity contribution in [1.29, 1.82) is 0 Å². The summed E-state index contributed by atoms with van der Waals surface area (Å²) in [7, 11) is 0. The molecule has 0 amide bonds. The second-order valence-corrected chi connectivity index (χ2v) is 3.95. The Morgan fingerprint density at radius 3 is 2.41 bits per heavy atom. The van der Waals surface area contributed by atoms with Crippen molar-refractivity contribution < 1.29 is 17.6 Å². The third-order valence-electron chi connectivity index (χ3n) is 2.82. The van der Waals surface area contributed by atoms with Crippen molar-refractivity contribution in [3.05, 3.63) is 35.3 Å². The summed E-state index contributed by atoms with van der Waals surface area (Å²) in [6.07, 6.45) is -2.93. The molecule has 0 atom stereocenters. The van der Waals surface area contributed by atoms with Gasteiger partial charge in [0.2, 0.25) is 0 Å². The molecule has 0 radical (unpaired) electrons. The average Bonchev–Trinajstić information content (AvgIpc) is 2.52. The highest BCUT2D eigenvalue weighted by Gasteiger charge is 2.34. The number of fused-ring (bicyclic) bond motifs is 1. The molecule has 1 nitrogen and oxygen atoms in total. The predicted octanol–water partition coefficient (Wildman–Crippen LogP) is 4.13. The highest BCUT2D eigenvalue weighted by molar-refractivity contribution is 5.84. The van der Waals surface area contributed by atoms with Crippen LogP contribution < -0.4 is 0 Å². The predicted molar refractivity (Wildman–Crippen MR) is 57.3 cm³/mol. The highest BCUT2D eigenvalue weighted by Crippen LogP contribution is 2.35. The van der Waals surface area contributed by atoms with Gasteiger partial charge in [0.05, 0.1) is 11.1 Å². The summed E-state index contributed by atoms with van der Waals surface area (Å²) in [6.45, 7) is 4.16. The molecule has 2 rings (SSSR count). The standard InChI is InChI=1S/C12H11F4N/c1-3-17-6-7(2)8-4-9(12(14,15)16)10(13)5-11(8)17/h4-6H,3H2,1-2H3. The van der Waals surface area contributed by atoms with Crippen LogP contribution in [0.25, 0.3) is 10.9 Å². The Labute approximate surface area is 95.7 Å². The molecule has 0 spiro atoms. The highest BCUT2D eigenvalue weighted by atomic mass is 19.4. The van der Waals surface area contributed by atoms with E-state index in [9.17, 15) is 17.6 Å². The molecule has 0 fully saturated rings. The van der Waals surface area contributed by atoms with E-state index >= 15 is 0 Å². The van der Waals surface area contributed by atoms with Gasteiger partial charge in [0.1, 0.15) is 5.82 Å². The van der Waals surface area contributed by atoms with Crippen molar-refractivity contribution in [1.82, 2.24) is 4.57 Å². The SMILES string of the molecule is CCn1cc(C)c2cc(C(F)(F)F)c(F)cc21. The average molecular weight is 245 g/mol. The fourth-order valence-electron chi connectivity index (χ4n) is 1.97. The van der Waals surface area contributed by atoms with Crippen LogP contribution in [0, 0.1) is 12.7 Å². The molecule has 0 aliphatic rings. The molecule has 0 bridgehead atoms. The molecule has 1 heterocycles. The first-order valence-electron chi connectivity index (χ1n) is 5.20. The van der Waals surface area contributed by atoms with Crippen LogP contribution in [-0.4, -0.2) is 4.57 Å². The number of aromatic nitrogens is 1. The largest absolute Gasteiger partial charge is 0.419 e. The molecule has 0 aliphatic heterocycles. The molecule has 0 unspecified atom stereocenters. The number of aryl methyl sites for hydroxylation is 2. The minimum absolute atomic E-state index is 0.445. The molecule has 1 aromatic heterocycles. The monoisotopic (exact) mass is 245 g/mol. The minimum Gasteiger partial charge on any atom is -0.347 e. The Hall–Kier alpha value is -1.52. The molecule has 5 heteroatoms. The van der Waals surface area contributed by atoms with E-state index in [2.05, 4.69) is 0 Å². The number of hydrogen-bond acceptors (Lipinski definition) is 0. The smallest absolute Gasteiger partial charge is 0.347 e. The Kier molecular flexibility index (Phi) is 2.64. The maximum Gasteiger partial charge on any atom is 0.419 e. The quantitative estimate of drug-likeness (QED) is 0.666. The van der Waals surface area contributed by atoms with E-state index in [-0.39, 0.29) is 0 Å². The number of halogens is 4. The lowest BCUT2D eigenvalue weighted by Gasteiger charge is -2.09. The van der Waals surface area contributed by atoms with Crippen LogP contribution in [0.5, 0.6) is 0 Å². The number of nitrogens with zero attached hydrogens (tertiary/aromatic N) is 1. The van der Waals surface area contributed by atoms with Gasteiger partial charge >= 0.3 is 6.18 Å². The molecule has 92 valence electrons. The first-order valence-corrected chi connectivity index (χ1v) is 5.20. The molecular weight excluding hydrogens is 234 g/mol. The summed E-state index contributed by atoms with van der Waals surface area (Å²) < 4.78 is 52.8. The summed E-state index contributed by atoms with van der Waals surface area (Å²) in [4.78, 5) is 0. The lowest BCUT2D eigenvalue weighted by molar-refractivity contribution is -0.139. The summed E-state index contributed by atoms with van der Waals surface area (Å²) in [5.74, 6) is -1.22. The summed E-state index contributed by atoms with van der Waals surface area (Å²) >= 11 is 0. The van der Waals surface area contributed by atoms with E-state index in [1.165, 1.54) is 0 Å². The third-order valence-corrected chi connectivity index (χ3v) is 2.82. The first kappa shape index (κ1) is 12.0. The first-order chi connectivity index (χ1) is 7.84. The minimum atomic E-state index is -4.65. The van der Waals surface area contributed by atoms with Crippen molar-refractivity contribution >= 4 is 10.9 Å². The van der Waals surface area contributed by atoms with Gasteiger partial charge in [-0.05, 0) is 31.5 Å². The van der Waals surface area contributed by atoms with Gasteiger partial charge in [0.25, 0.3) is 0 Å². The van der Waals surface area contributed by atoms with Crippen molar-refractivity contribution in [2.24, 2.45) is 0 Å². The summed E-state index contributed by atoms with van der Waals surface area (Å²) in [5, 5.41) is 0.445. The Morgan fingerprint density at radius 2 is 1.88 bits per heavy atom. The Bertz CT molecular complexity index is 566. The van der Waals surface area contributed by atoms with Crippen molar-refractivity contribution in [3.8, 4) is 0 Å². The van der Waals surface area contributed by atoms with Gasteiger partial charge in [-0.2, -0.15) is 13.2 Å². The van der Waals surface area contributed by atoms with Crippen LogP contribution in [0.1, 0.15) is 18.1 Å². The lowest BCUT2D eigenvalue weighted by Crippen LogP contribution is -2.08. The van der Waals surface area contributed by atoms with E-state index in [0.29, 0.717) is 23.0 Å². The fourth-order valence-corrected chi connectivity index (χ4v) is 1.97. The van der Waals surface area contributed by atoms with Crippen LogP contribution in [0.15, 0.2) is 18.3 Å². The molecule has 0 aliphatic carbocycles. The number of benzene rings is 1. The summed E-state index contributed by atoms with van der Waals surface area (Å²) in [5.41, 5.74) is 0.00445. The molecular formula is C12H11F4N. The van der Waals surface area contributed by atoms with Gasteiger partial charge in [-0.15, -0.1) is 0 Å². The molecule has 0 saturated heterocycles. The van der Waals surface area contributed by atoms with E-state index < -0.39 is 17.6 Å². The number of alkyl halides is 3. The van der Waals surface area contributed by atoms with E-state index in [0.717, 1.165) is 12.1 Å². The number of rotatable bonds is 1. The van der Waals surface area contributed by atoms with Crippen molar-refractivity contribution in [2.75, 3.05) is 0 Å². The molecule has 1 aromatic carbocycles. The normalized spacial score (nSPS) is 12.4. The second-order valence-electron chi connectivity index (χ2n) is 3.95. The van der Waals surface area contributed by atoms with Crippen LogP contribution in [0.3, 0.4) is 0 Å². The zero-order valence-electron chi connectivity index (χ0n) is 9.40. The molecule has 17 heavy (non-hydrogen) atoms. The maximum absolute atomic E-state index is 13.4. The van der Waals surface area contributed by atoms with Gasteiger partial charge in [0.15, 0.2) is 0 Å². The zero-order valence-corrected chi connectivity index (χ0v) is 9.40. The maximum atomic E-state index is 13.4. The fraction of sp³-hybridized carbons (Fsp3) is 0.333. The van der Waals surface area contributed by atoms with Gasteiger partial charge < -0.3 is 4.57 Å². The van der Waals surface area contributed by atoms with Crippen molar-refractivity contribution in [2.45, 2.75) is 26.6 Å². The van der Waals surface area contributed by atoms with Crippen LogP contribution in [0.2, 0.25) is 0 Å². The van der Waals surface area contributed by atoms with Gasteiger partial charge in [0, 0.05) is 18.1 Å².